The molecule has 39 heavy (non-hydrogen) atoms. The van der Waals surface area contributed by atoms with Crippen LogP contribution in [0.2, 0.25) is 5.02 Å². The van der Waals surface area contributed by atoms with E-state index in [0.29, 0.717) is 17.5 Å². The number of halogens is 1. The molecule has 1 aliphatic rings. The number of aryl methyl sites for hydroxylation is 1. The van der Waals surface area contributed by atoms with Gasteiger partial charge in [-0.15, -0.1) is 0 Å². The van der Waals surface area contributed by atoms with Gasteiger partial charge in [0.2, 0.25) is 5.95 Å². The first-order valence-electron chi connectivity index (χ1n) is 12.8. The number of aromatic nitrogens is 5. The highest BCUT2D eigenvalue weighted by Crippen LogP contribution is 2.31. The lowest BCUT2D eigenvalue weighted by Crippen LogP contribution is -2.38. The van der Waals surface area contributed by atoms with Gasteiger partial charge in [-0.1, -0.05) is 30.7 Å². The second kappa shape index (κ2) is 10.4. The van der Waals surface area contributed by atoms with E-state index >= 15 is 0 Å². The number of nitrogens with zero attached hydrogens (tertiary/aromatic N) is 5. The number of piperidine rings is 1. The molecular weight excluding hydrogens is 536 g/mol. The molecule has 200 valence electrons. The molecule has 1 aliphatic heterocycles. The molecule has 12 heteroatoms. The molecule has 1 saturated heterocycles. The molecule has 0 bridgehead atoms. The predicted octanol–water partition coefficient (Wildman–Crippen LogP) is 4.52. The Hall–Kier alpha value is -3.80. The molecule has 1 atom stereocenters. The molecule has 0 amide bonds. The van der Waals surface area contributed by atoms with Crippen molar-refractivity contribution in [2.24, 2.45) is 0 Å². The topological polar surface area (TPSA) is 126 Å². The van der Waals surface area contributed by atoms with Gasteiger partial charge in [-0.05, 0) is 67.8 Å². The van der Waals surface area contributed by atoms with Crippen LogP contribution in [0.5, 0.6) is 0 Å². The monoisotopic (exact) mass is 562 g/mol. The van der Waals surface area contributed by atoms with E-state index in [1.54, 1.807) is 22.7 Å². The normalized spacial score (nSPS) is 16.0. The Bertz CT molecular complexity index is 1780. The van der Waals surface area contributed by atoms with Crippen LogP contribution in [0.4, 0.5) is 11.8 Å². The van der Waals surface area contributed by atoms with Crippen LogP contribution in [-0.2, 0) is 16.4 Å². The van der Waals surface area contributed by atoms with E-state index in [1.165, 1.54) is 18.5 Å². The maximum Gasteiger partial charge on any atom is 0.264 e. The first-order valence-corrected chi connectivity index (χ1v) is 14.7. The summed E-state index contributed by atoms with van der Waals surface area (Å²) >= 11 is 6.14. The van der Waals surface area contributed by atoms with E-state index in [9.17, 15) is 8.42 Å². The van der Waals surface area contributed by atoms with Crippen LogP contribution >= 0.6 is 11.6 Å². The highest BCUT2D eigenvalue weighted by atomic mass is 35.5. The molecule has 1 unspecified atom stereocenters. The first kappa shape index (κ1) is 25.5. The Kier molecular flexibility index (Phi) is 6.79. The fourth-order valence-electron chi connectivity index (χ4n) is 4.94. The third kappa shape index (κ3) is 5.00. The van der Waals surface area contributed by atoms with Crippen molar-refractivity contribution in [2.45, 2.75) is 37.1 Å². The first-order chi connectivity index (χ1) is 18.9. The maximum atomic E-state index is 13.0. The summed E-state index contributed by atoms with van der Waals surface area (Å²) in [6, 6.07) is 14.4. The fraction of sp³-hybridized carbons (Fsp3) is 0.259. The van der Waals surface area contributed by atoms with Crippen molar-refractivity contribution < 1.29 is 8.42 Å². The van der Waals surface area contributed by atoms with E-state index in [4.69, 9.17) is 16.6 Å². The summed E-state index contributed by atoms with van der Waals surface area (Å²) in [7, 11) is -3.96. The molecule has 0 aliphatic carbocycles. The van der Waals surface area contributed by atoms with Gasteiger partial charge in [0.1, 0.15) is 16.7 Å². The molecule has 0 radical (unpaired) electrons. The Morgan fingerprint density at radius 2 is 2.03 bits per heavy atom. The Morgan fingerprint density at radius 3 is 2.82 bits per heavy atom. The van der Waals surface area contributed by atoms with Crippen molar-refractivity contribution >= 4 is 49.8 Å². The molecule has 0 saturated carbocycles. The Morgan fingerprint density at radius 1 is 1.15 bits per heavy atom. The summed E-state index contributed by atoms with van der Waals surface area (Å²) in [5, 5.41) is 12.3. The lowest BCUT2D eigenvalue weighted by Gasteiger charge is -2.23. The van der Waals surface area contributed by atoms with Gasteiger partial charge >= 0.3 is 0 Å². The van der Waals surface area contributed by atoms with Gasteiger partial charge in [-0.3, -0.25) is 4.72 Å². The van der Waals surface area contributed by atoms with Crippen molar-refractivity contribution in [1.82, 2.24) is 29.9 Å². The van der Waals surface area contributed by atoms with Crippen LogP contribution in [0.25, 0.3) is 27.7 Å². The maximum absolute atomic E-state index is 13.0. The van der Waals surface area contributed by atoms with Crippen molar-refractivity contribution in [3.63, 3.8) is 0 Å². The molecule has 1 fully saturated rings. The van der Waals surface area contributed by atoms with Gasteiger partial charge in [0.15, 0.2) is 5.82 Å². The summed E-state index contributed by atoms with van der Waals surface area (Å²) in [6.45, 7) is 4.05. The van der Waals surface area contributed by atoms with Crippen LogP contribution in [-0.4, -0.2) is 52.1 Å². The smallest absolute Gasteiger partial charge is 0.264 e. The van der Waals surface area contributed by atoms with Crippen LogP contribution in [0.3, 0.4) is 0 Å². The molecule has 0 spiro atoms. The zero-order valence-electron chi connectivity index (χ0n) is 21.2. The van der Waals surface area contributed by atoms with Gasteiger partial charge in [-0.2, -0.15) is 5.10 Å². The molecular formula is C27H27ClN8O2S. The number of nitrogens with one attached hydrogen (secondary N) is 3. The minimum absolute atomic E-state index is 0.0223. The van der Waals surface area contributed by atoms with Crippen LogP contribution in [0.1, 0.15) is 25.3 Å². The second-order valence-corrected chi connectivity index (χ2v) is 11.5. The molecule has 3 N–H and O–H groups in total. The number of rotatable bonds is 7. The van der Waals surface area contributed by atoms with E-state index in [-0.39, 0.29) is 15.7 Å². The third-order valence-corrected chi connectivity index (χ3v) is 8.72. The summed E-state index contributed by atoms with van der Waals surface area (Å²) < 4.78 is 30.3. The highest BCUT2D eigenvalue weighted by Gasteiger charge is 2.21. The minimum atomic E-state index is -3.96. The summed E-state index contributed by atoms with van der Waals surface area (Å²) in [4.78, 5) is 13.6. The number of sulfonamides is 1. The molecule has 10 nitrogen and oxygen atoms in total. The number of anilines is 2. The van der Waals surface area contributed by atoms with E-state index in [2.05, 4.69) is 43.4 Å². The summed E-state index contributed by atoms with van der Waals surface area (Å²) in [5.41, 5.74) is 4.21. The third-order valence-electron chi connectivity index (χ3n) is 6.88. The standard InChI is InChI=1S/C27H27ClN8O2S/c1-2-17-12-18(13-19-14-30-27(34-25(17)19)33-20-6-5-11-29-15-20)22-9-10-23-26(31-16-32-36(22)23)35-39(37,38)24-8-4-3-7-21(24)28/h3-4,7-10,12-14,16,20,29H,2,5-6,11,15H2,1H3,(H,30,33,34)(H,31,32,35). The predicted molar refractivity (Wildman–Crippen MR) is 153 cm³/mol. The van der Waals surface area contributed by atoms with E-state index < -0.39 is 10.0 Å². The molecule has 4 heterocycles. The fourth-order valence-corrected chi connectivity index (χ4v) is 6.48. The van der Waals surface area contributed by atoms with E-state index in [0.717, 1.165) is 60.1 Å². The Balaban J connectivity index is 1.36. The largest absolute Gasteiger partial charge is 0.350 e. The van der Waals surface area contributed by atoms with Gasteiger partial charge in [0.25, 0.3) is 10.0 Å². The van der Waals surface area contributed by atoms with Gasteiger partial charge in [0, 0.05) is 29.7 Å². The minimum Gasteiger partial charge on any atom is -0.350 e. The van der Waals surface area contributed by atoms with Crippen molar-refractivity contribution in [2.75, 3.05) is 23.1 Å². The van der Waals surface area contributed by atoms with Crippen molar-refractivity contribution in [1.29, 1.82) is 0 Å². The number of benzene rings is 2. The van der Waals surface area contributed by atoms with Gasteiger partial charge in [0.05, 0.1) is 16.2 Å². The van der Waals surface area contributed by atoms with Crippen LogP contribution in [0, 0.1) is 0 Å². The molecule has 5 aromatic rings. The van der Waals surface area contributed by atoms with Crippen LogP contribution in [0.15, 0.2) is 66.0 Å². The molecule has 3 aromatic heterocycles. The molecule has 6 rings (SSSR count). The van der Waals surface area contributed by atoms with Gasteiger partial charge in [-0.25, -0.2) is 27.9 Å². The highest BCUT2D eigenvalue weighted by molar-refractivity contribution is 7.92. The second-order valence-electron chi connectivity index (χ2n) is 9.47. The lowest BCUT2D eigenvalue weighted by atomic mass is 10.0. The number of hydrogen-bond acceptors (Lipinski definition) is 8. The average molecular weight is 563 g/mol. The van der Waals surface area contributed by atoms with Crippen LogP contribution < -0.4 is 15.4 Å². The van der Waals surface area contributed by atoms with Gasteiger partial charge < -0.3 is 10.6 Å². The quantitative estimate of drug-likeness (QED) is 0.264. The Labute approximate surface area is 230 Å². The van der Waals surface area contributed by atoms with E-state index in [1.807, 2.05) is 18.3 Å². The average Bonchev–Trinajstić information content (AvgIpc) is 3.38. The zero-order valence-corrected chi connectivity index (χ0v) is 22.8. The lowest BCUT2D eigenvalue weighted by molar-refractivity contribution is 0.478. The summed E-state index contributed by atoms with van der Waals surface area (Å²) in [5.74, 6) is 0.791. The number of hydrogen-bond donors (Lipinski definition) is 3. The zero-order chi connectivity index (χ0) is 27.0. The SMILES string of the molecule is CCc1cc(-c2ccc3c(NS(=O)(=O)c4ccccc4Cl)ncnn23)cc2cnc(NC3CCCNC3)nc12. The van der Waals surface area contributed by atoms with Crippen molar-refractivity contribution in [3.05, 3.63) is 71.6 Å². The van der Waals surface area contributed by atoms with Crippen molar-refractivity contribution in [3.8, 4) is 11.3 Å². The number of fused-ring (bicyclic) bond motifs is 2. The molecule has 2 aromatic carbocycles. The summed E-state index contributed by atoms with van der Waals surface area (Å²) in [6.07, 6.45) is 6.18.